The van der Waals surface area contributed by atoms with E-state index >= 15 is 0 Å². The number of nitrogens with one attached hydrogen (secondary N) is 1. The van der Waals surface area contributed by atoms with E-state index < -0.39 is 17.9 Å². The van der Waals surface area contributed by atoms with Gasteiger partial charge in [0.05, 0.1) is 35.4 Å². The van der Waals surface area contributed by atoms with Crippen molar-refractivity contribution < 1.29 is 13.6 Å². The van der Waals surface area contributed by atoms with Crippen molar-refractivity contribution in [3.8, 4) is 5.69 Å². The number of amides is 2. The predicted molar refractivity (Wildman–Crippen MR) is 140 cm³/mol. The van der Waals surface area contributed by atoms with Crippen LogP contribution in [0, 0.1) is 5.82 Å². The number of aromatic nitrogens is 2. The maximum atomic E-state index is 13.7. The minimum atomic E-state index is -0.695. The first-order valence-electron chi connectivity index (χ1n) is 11.5. The van der Waals surface area contributed by atoms with E-state index in [1.807, 2.05) is 0 Å². The molecule has 3 aromatic carbocycles. The van der Waals surface area contributed by atoms with Gasteiger partial charge in [0.25, 0.3) is 5.56 Å². The number of anilines is 1. The summed E-state index contributed by atoms with van der Waals surface area (Å²) in [5.41, 5.74) is 1.15. The first-order valence-corrected chi connectivity index (χ1v) is 11.9. The summed E-state index contributed by atoms with van der Waals surface area (Å²) in [6, 6.07) is 21.7. The lowest BCUT2D eigenvalue weighted by molar-refractivity contribution is 0.179. The second-order valence-electron chi connectivity index (χ2n) is 8.42. The van der Waals surface area contributed by atoms with Crippen molar-refractivity contribution in [3.05, 3.63) is 124 Å². The fourth-order valence-corrected chi connectivity index (χ4v) is 4.22. The van der Waals surface area contributed by atoms with Gasteiger partial charge in [-0.1, -0.05) is 23.7 Å². The van der Waals surface area contributed by atoms with Gasteiger partial charge >= 0.3 is 6.03 Å². The molecule has 7 nitrogen and oxygen atoms in total. The molecule has 0 spiro atoms. The Morgan fingerprint density at radius 1 is 1.05 bits per heavy atom. The minimum Gasteiger partial charge on any atom is -0.467 e. The summed E-state index contributed by atoms with van der Waals surface area (Å²) in [5, 5.41) is 3.83. The molecule has 1 atom stereocenters. The van der Waals surface area contributed by atoms with Crippen molar-refractivity contribution in [1.82, 2.24) is 14.5 Å². The molecular weight excluding hydrogens is 495 g/mol. The zero-order valence-electron chi connectivity index (χ0n) is 19.8. The monoisotopic (exact) mass is 516 g/mol. The van der Waals surface area contributed by atoms with Crippen LogP contribution in [0.4, 0.5) is 14.9 Å². The molecule has 0 aliphatic carbocycles. The number of carbonyl (C=O) groups is 1. The SMILES string of the molecule is CC(c1nc2ccccc2c(=O)n1-c1ccc(F)cc1)N(Cc1ccco1)C(=O)Nc1ccc(Cl)cc1. The van der Waals surface area contributed by atoms with E-state index in [-0.39, 0.29) is 12.1 Å². The average Bonchev–Trinajstić information content (AvgIpc) is 3.42. The summed E-state index contributed by atoms with van der Waals surface area (Å²) in [5.74, 6) is 0.435. The van der Waals surface area contributed by atoms with Crippen LogP contribution < -0.4 is 10.9 Å². The van der Waals surface area contributed by atoms with E-state index in [9.17, 15) is 14.0 Å². The van der Waals surface area contributed by atoms with Gasteiger partial charge in [-0.15, -0.1) is 0 Å². The highest BCUT2D eigenvalue weighted by atomic mass is 35.5. The van der Waals surface area contributed by atoms with E-state index in [0.717, 1.165) is 0 Å². The van der Waals surface area contributed by atoms with Crippen LogP contribution in [0.5, 0.6) is 0 Å². The van der Waals surface area contributed by atoms with E-state index in [1.165, 1.54) is 40.0 Å². The molecule has 186 valence electrons. The predicted octanol–water partition coefficient (Wildman–Crippen LogP) is 6.57. The zero-order valence-corrected chi connectivity index (χ0v) is 20.5. The van der Waals surface area contributed by atoms with Gasteiger partial charge in [-0.3, -0.25) is 9.36 Å². The van der Waals surface area contributed by atoms with Crippen LogP contribution in [0.25, 0.3) is 16.6 Å². The lowest BCUT2D eigenvalue weighted by Gasteiger charge is -2.30. The standard InChI is InChI=1S/C28H22ClFN4O3/c1-18(33(17-23-5-4-16-37-23)28(36)31-21-12-8-19(29)9-13-21)26-32-25-7-3-2-6-24(25)27(35)34(26)22-14-10-20(30)11-15-22/h2-16,18H,17H2,1H3,(H,31,36). The van der Waals surface area contributed by atoms with E-state index in [4.69, 9.17) is 21.0 Å². The van der Waals surface area contributed by atoms with Gasteiger partial charge in [0.2, 0.25) is 0 Å². The summed E-state index contributed by atoms with van der Waals surface area (Å²) in [6.07, 6.45) is 1.53. The molecule has 0 radical (unpaired) electrons. The number of rotatable bonds is 6. The fourth-order valence-electron chi connectivity index (χ4n) is 4.09. The normalized spacial score (nSPS) is 11.9. The quantitative estimate of drug-likeness (QED) is 0.277. The highest BCUT2D eigenvalue weighted by Crippen LogP contribution is 2.26. The number of hydrogen-bond donors (Lipinski definition) is 1. The number of carbonyl (C=O) groups excluding carboxylic acids is 1. The first kappa shape index (κ1) is 24.3. The largest absolute Gasteiger partial charge is 0.467 e. The fraction of sp³-hybridized carbons (Fsp3) is 0.107. The Hall–Kier alpha value is -4.43. The minimum absolute atomic E-state index is 0.111. The van der Waals surface area contributed by atoms with Crippen LogP contribution in [-0.2, 0) is 6.54 Å². The molecule has 1 N–H and O–H groups in total. The molecule has 2 aromatic heterocycles. The molecular formula is C28H22ClFN4O3. The van der Waals surface area contributed by atoms with Gasteiger partial charge in [0.1, 0.15) is 17.4 Å². The molecule has 9 heteroatoms. The second-order valence-corrected chi connectivity index (χ2v) is 8.86. The third-order valence-electron chi connectivity index (χ3n) is 5.99. The van der Waals surface area contributed by atoms with Crippen molar-refractivity contribution in [2.24, 2.45) is 0 Å². The van der Waals surface area contributed by atoms with Crippen molar-refractivity contribution in [2.45, 2.75) is 19.5 Å². The number of urea groups is 1. The number of nitrogens with zero attached hydrogens (tertiary/aromatic N) is 3. The molecule has 5 rings (SSSR count). The second kappa shape index (κ2) is 10.3. The maximum absolute atomic E-state index is 13.7. The molecule has 1 unspecified atom stereocenters. The van der Waals surface area contributed by atoms with Gasteiger partial charge in [-0.05, 0) is 79.7 Å². The van der Waals surface area contributed by atoms with Crippen LogP contribution in [0.15, 0.2) is 100 Å². The molecule has 0 saturated heterocycles. The molecule has 0 aliphatic heterocycles. The molecule has 0 fully saturated rings. The van der Waals surface area contributed by atoms with Crippen molar-refractivity contribution in [1.29, 1.82) is 0 Å². The third kappa shape index (κ3) is 5.10. The number of furan rings is 1. The maximum Gasteiger partial charge on any atom is 0.322 e. The summed E-state index contributed by atoms with van der Waals surface area (Å²) in [7, 11) is 0. The van der Waals surface area contributed by atoms with Crippen LogP contribution in [-0.4, -0.2) is 20.5 Å². The number of hydrogen-bond acceptors (Lipinski definition) is 4. The topological polar surface area (TPSA) is 80.4 Å². The molecule has 37 heavy (non-hydrogen) atoms. The first-order chi connectivity index (χ1) is 17.9. The lowest BCUT2D eigenvalue weighted by Crippen LogP contribution is -2.39. The molecule has 0 saturated carbocycles. The Labute approximate surface area is 216 Å². The Bertz CT molecular complexity index is 1600. The Morgan fingerprint density at radius 3 is 2.49 bits per heavy atom. The van der Waals surface area contributed by atoms with Gasteiger partial charge in [-0.25, -0.2) is 14.2 Å². The van der Waals surface area contributed by atoms with Gasteiger partial charge in [0.15, 0.2) is 0 Å². The lowest BCUT2D eigenvalue weighted by atomic mass is 10.1. The third-order valence-corrected chi connectivity index (χ3v) is 6.24. The summed E-state index contributed by atoms with van der Waals surface area (Å²) in [4.78, 5) is 33.5. The van der Waals surface area contributed by atoms with Gasteiger partial charge < -0.3 is 14.6 Å². The van der Waals surface area contributed by atoms with Crippen molar-refractivity contribution in [2.75, 3.05) is 5.32 Å². The molecule has 0 aliphatic rings. The average molecular weight is 517 g/mol. The van der Waals surface area contributed by atoms with Gasteiger partial charge in [-0.2, -0.15) is 0 Å². The van der Waals surface area contributed by atoms with Crippen LogP contribution in [0.1, 0.15) is 24.6 Å². The van der Waals surface area contributed by atoms with Crippen molar-refractivity contribution >= 4 is 34.2 Å². The number of fused-ring (bicyclic) bond motifs is 1. The van der Waals surface area contributed by atoms with Crippen LogP contribution in [0.2, 0.25) is 5.02 Å². The van der Waals surface area contributed by atoms with E-state index in [0.29, 0.717) is 38.9 Å². The van der Waals surface area contributed by atoms with E-state index in [1.54, 1.807) is 67.6 Å². The number of para-hydroxylation sites is 1. The van der Waals surface area contributed by atoms with E-state index in [2.05, 4.69) is 5.32 Å². The molecule has 5 aromatic rings. The Balaban J connectivity index is 1.63. The summed E-state index contributed by atoms with van der Waals surface area (Å²) < 4.78 is 20.6. The highest BCUT2D eigenvalue weighted by Gasteiger charge is 2.28. The van der Waals surface area contributed by atoms with Crippen LogP contribution >= 0.6 is 11.6 Å². The number of benzene rings is 3. The molecule has 2 heterocycles. The van der Waals surface area contributed by atoms with Gasteiger partial charge in [0, 0.05) is 10.7 Å². The smallest absolute Gasteiger partial charge is 0.322 e. The van der Waals surface area contributed by atoms with Crippen molar-refractivity contribution in [3.63, 3.8) is 0 Å². The summed E-state index contributed by atoms with van der Waals surface area (Å²) in [6.45, 7) is 1.89. The Kier molecular flexibility index (Phi) is 6.74. The zero-order chi connectivity index (χ0) is 25.9. The molecule has 0 bridgehead atoms. The summed E-state index contributed by atoms with van der Waals surface area (Å²) >= 11 is 5.98. The van der Waals surface area contributed by atoms with Crippen LogP contribution in [0.3, 0.4) is 0 Å². The molecule has 2 amide bonds. The number of halogens is 2. The highest BCUT2D eigenvalue weighted by molar-refractivity contribution is 6.30. The Morgan fingerprint density at radius 2 is 1.78 bits per heavy atom.